The first-order valence-corrected chi connectivity index (χ1v) is 21.4. The van der Waals surface area contributed by atoms with Crippen molar-refractivity contribution in [3.63, 3.8) is 0 Å². The molecule has 0 fully saturated rings. The molecule has 0 radical (unpaired) electrons. The van der Waals surface area contributed by atoms with E-state index < -0.39 is 0 Å². The highest BCUT2D eigenvalue weighted by Gasteiger charge is 2.36. The largest absolute Gasteiger partial charge is 0.309 e. The Hall–Kier alpha value is -7.81. The minimum atomic E-state index is -0.284. The number of hydrogen-bond acceptors (Lipinski definition) is 3. The summed E-state index contributed by atoms with van der Waals surface area (Å²) in [5.41, 5.74) is 18.1. The Morgan fingerprint density at radius 1 is 0.565 bits per heavy atom. The lowest BCUT2D eigenvalue weighted by Gasteiger charge is -2.22. The third-order valence-corrected chi connectivity index (χ3v) is 12.9. The summed E-state index contributed by atoms with van der Waals surface area (Å²) in [6.07, 6.45) is 5.17. The molecule has 5 nitrogen and oxygen atoms in total. The van der Waals surface area contributed by atoms with Gasteiger partial charge < -0.3 is 4.57 Å². The van der Waals surface area contributed by atoms with E-state index in [9.17, 15) is 5.26 Å². The van der Waals surface area contributed by atoms with Gasteiger partial charge in [0, 0.05) is 38.4 Å². The summed E-state index contributed by atoms with van der Waals surface area (Å²) in [5, 5.41) is 13.4. The van der Waals surface area contributed by atoms with E-state index in [1.807, 2.05) is 18.2 Å². The smallest absolute Gasteiger partial charge is 0.235 e. The van der Waals surface area contributed by atoms with Crippen molar-refractivity contribution in [1.29, 1.82) is 5.26 Å². The number of fused-ring (bicyclic) bond motifs is 7. The summed E-state index contributed by atoms with van der Waals surface area (Å²) in [5.74, 6) is 0.624. The molecule has 3 heterocycles. The number of hydrogen-bond donors (Lipinski definition) is 0. The van der Waals surface area contributed by atoms with E-state index >= 15 is 0 Å². The Bertz CT molecular complexity index is 3490. The number of aryl methyl sites for hydroxylation is 1. The van der Waals surface area contributed by atoms with Crippen LogP contribution >= 0.6 is 0 Å². The van der Waals surface area contributed by atoms with Crippen molar-refractivity contribution in [2.75, 3.05) is 0 Å². The van der Waals surface area contributed by atoms with Gasteiger partial charge in [0.15, 0.2) is 0 Å². The number of nitriles is 1. The third-order valence-electron chi connectivity index (χ3n) is 12.9. The molecule has 10 aromatic rings. The van der Waals surface area contributed by atoms with Crippen molar-refractivity contribution in [3.8, 4) is 62.5 Å². The first kappa shape index (κ1) is 37.2. The molecule has 1 aliphatic carbocycles. The van der Waals surface area contributed by atoms with Gasteiger partial charge in [-0.3, -0.25) is 4.57 Å². The fraction of sp³-hybridized carbons (Fsp3) is 0.105. The van der Waals surface area contributed by atoms with Crippen molar-refractivity contribution >= 4 is 38.8 Å². The number of allylic oxidation sites excluding steroid dienone is 1. The van der Waals surface area contributed by atoms with E-state index in [-0.39, 0.29) is 5.41 Å². The van der Waals surface area contributed by atoms with Crippen LogP contribution in [0.3, 0.4) is 0 Å². The maximum absolute atomic E-state index is 9.74. The molecule has 0 aliphatic heterocycles. The SMILES string of the molecule is C/C=C\c1c(CC)c2ccc(-c3ccc4c(c3)c3ccccc3n4-c3ccccc3)cc2n1-c1nc(-c2ccccc2)cc(-c2ccc3c(c2)C(C)(C)c2cc(C#N)ccc2-3)n1. The highest BCUT2D eigenvalue weighted by atomic mass is 15.2. The number of benzene rings is 7. The van der Waals surface area contributed by atoms with E-state index in [1.54, 1.807) is 0 Å². The lowest BCUT2D eigenvalue weighted by Crippen LogP contribution is -2.15. The normalized spacial score (nSPS) is 13.0. The van der Waals surface area contributed by atoms with Gasteiger partial charge in [-0.25, -0.2) is 9.97 Å². The molecule has 11 rings (SSSR count). The molecule has 0 amide bonds. The van der Waals surface area contributed by atoms with E-state index in [1.165, 1.54) is 55.0 Å². The molecule has 0 bridgehead atoms. The van der Waals surface area contributed by atoms with Crippen LogP contribution in [0.5, 0.6) is 0 Å². The Balaban J connectivity index is 1.11. The molecule has 0 unspecified atom stereocenters. The predicted octanol–water partition coefficient (Wildman–Crippen LogP) is 14.3. The zero-order chi connectivity index (χ0) is 42.1. The highest BCUT2D eigenvalue weighted by molar-refractivity contribution is 6.10. The van der Waals surface area contributed by atoms with E-state index in [0.717, 1.165) is 57.0 Å². The first-order valence-electron chi connectivity index (χ1n) is 21.4. The Morgan fingerprint density at radius 3 is 1.97 bits per heavy atom. The maximum atomic E-state index is 9.74. The number of aromatic nitrogens is 4. The molecule has 3 aromatic heterocycles. The molecule has 62 heavy (non-hydrogen) atoms. The Kier molecular flexibility index (Phi) is 8.66. The van der Waals surface area contributed by atoms with Crippen LogP contribution in [0.1, 0.15) is 55.6 Å². The third kappa shape index (κ3) is 5.75. The molecule has 5 heteroatoms. The van der Waals surface area contributed by atoms with Crippen LogP contribution in [0.4, 0.5) is 0 Å². The van der Waals surface area contributed by atoms with Crippen LogP contribution < -0.4 is 0 Å². The van der Waals surface area contributed by atoms with Gasteiger partial charge in [0.25, 0.3) is 0 Å². The Morgan fingerprint density at radius 2 is 1.21 bits per heavy atom. The molecule has 0 N–H and O–H groups in total. The molecule has 296 valence electrons. The van der Waals surface area contributed by atoms with Crippen LogP contribution in [-0.4, -0.2) is 19.1 Å². The molecular formula is C57H43N5. The second-order valence-electron chi connectivity index (χ2n) is 16.8. The molecule has 1 aliphatic rings. The highest BCUT2D eigenvalue weighted by Crippen LogP contribution is 2.50. The number of nitrogens with zero attached hydrogens (tertiary/aromatic N) is 5. The van der Waals surface area contributed by atoms with Crippen molar-refractivity contribution in [2.45, 2.75) is 39.5 Å². The Labute approximate surface area is 361 Å². The standard InChI is InChI=1S/C57H43N5/c1-5-15-52-42(6-2)46-28-23-39(38-25-29-54-47(31-38)45-20-13-14-21-53(45)61(54)41-18-11-8-12-19-41)33-55(46)62(52)56-59-50(37-16-9-7-10-17-37)34-51(60-56)40-24-27-44-43-26-22-36(35-58)30-48(43)57(3,4)49(44)32-40/h5,7-34H,6H2,1-4H3/b15-5-. The minimum Gasteiger partial charge on any atom is -0.309 e. The number of rotatable bonds is 7. The van der Waals surface area contributed by atoms with E-state index in [4.69, 9.17) is 9.97 Å². The zero-order valence-electron chi connectivity index (χ0n) is 35.2. The number of para-hydroxylation sites is 2. The van der Waals surface area contributed by atoms with Gasteiger partial charge in [0.1, 0.15) is 0 Å². The summed E-state index contributed by atoms with van der Waals surface area (Å²) in [4.78, 5) is 10.9. The summed E-state index contributed by atoms with van der Waals surface area (Å²) >= 11 is 0. The lowest BCUT2D eigenvalue weighted by molar-refractivity contribution is 0.660. The fourth-order valence-electron chi connectivity index (χ4n) is 9.89. The molecule has 7 aromatic carbocycles. The molecule has 0 saturated carbocycles. The molecule has 0 spiro atoms. The summed E-state index contributed by atoms with van der Waals surface area (Å²) in [6.45, 7) is 8.81. The zero-order valence-corrected chi connectivity index (χ0v) is 35.2. The van der Waals surface area contributed by atoms with Gasteiger partial charge in [-0.05, 0) is 119 Å². The van der Waals surface area contributed by atoms with Crippen LogP contribution in [0.25, 0.3) is 95.2 Å². The second-order valence-corrected chi connectivity index (χ2v) is 16.8. The van der Waals surface area contributed by atoms with E-state index in [0.29, 0.717) is 11.5 Å². The average Bonchev–Trinajstić information content (AvgIpc) is 3.90. The fourth-order valence-corrected chi connectivity index (χ4v) is 9.89. The second kappa shape index (κ2) is 14.4. The molecule has 0 saturated heterocycles. The van der Waals surface area contributed by atoms with Gasteiger partial charge >= 0.3 is 0 Å². The van der Waals surface area contributed by atoms with Gasteiger partial charge in [0.2, 0.25) is 5.95 Å². The van der Waals surface area contributed by atoms with Gasteiger partial charge in [0.05, 0.1) is 45.3 Å². The van der Waals surface area contributed by atoms with Gasteiger partial charge in [-0.15, -0.1) is 0 Å². The minimum absolute atomic E-state index is 0.284. The van der Waals surface area contributed by atoms with E-state index in [2.05, 4.69) is 201 Å². The topological polar surface area (TPSA) is 59.4 Å². The monoisotopic (exact) mass is 797 g/mol. The van der Waals surface area contributed by atoms with Crippen molar-refractivity contribution in [3.05, 3.63) is 198 Å². The average molecular weight is 798 g/mol. The lowest BCUT2D eigenvalue weighted by atomic mass is 9.81. The molecular weight excluding hydrogens is 755 g/mol. The summed E-state index contributed by atoms with van der Waals surface area (Å²) in [7, 11) is 0. The van der Waals surface area contributed by atoms with Crippen molar-refractivity contribution in [2.24, 2.45) is 0 Å². The summed E-state index contributed by atoms with van der Waals surface area (Å²) < 4.78 is 4.63. The first-order chi connectivity index (χ1) is 30.4. The van der Waals surface area contributed by atoms with Crippen LogP contribution in [0.2, 0.25) is 0 Å². The maximum Gasteiger partial charge on any atom is 0.235 e. The quantitative estimate of drug-likeness (QED) is 0.161. The van der Waals surface area contributed by atoms with Gasteiger partial charge in [-0.1, -0.05) is 130 Å². The van der Waals surface area contributed by atoms with Crippen LogP contribution in [0.15, 0.2) is 170 Å². The summed E-state index contributed by atoms with van der Waals surface area (Å²) in [6, 6.07) is 60.7. The van der Waals surface area contributed by atoms with Gasteiger partial charge in [-0.2, -0.15) is 5.26 Å². The van der Waals surface area contributed by atoms with Crippen LogP contribution in [-0.2, 0) is 11.8 Å². The predicted molar refractivity (Wildman–Crippen MR) is 256 cm³/mol. The molecule has 0 atom stereocenters. The van der Waals surface area contributed by atoms with Crippen molar-refractivity contribution in [1.82, 2.24) is 19.1 Å². The van der Waals surface area contributed by atoms with Crippen LogP contribution in [0, 0.1) is 11.3 Å². The van der Waals surface area contributed by atoms with Crippen molar-refractivity contribution < 1.29 is 0 Å².